The van der Waals surface area contributed by atoms with Crippen LogP contribution in [0.1, 0.15) is 9.67 Å². The van der Waals surface area contributed by atoms with Crippen LogP contribution in [0, 0.1) is 0 Å². The highest BCUT2D eigenvalue weighted by Gasteiger charge is 2.15. The maximum absolute atomic E-state index is 12.5. The monoisotopic (exact) mass is 387 g/mol. The molecule has 0 aliphatic carbocycles. The third-order valence-electron chi connectivity index (χ3n) is 4.24. The zero-order valence-electron chi connectivity index (χ0n) is 14.1. The number of nitrogens with zero attached hydrogens (tertiary/aromatic N) is 1. The van der Waals surface area contributed by atoms with Gasteiger partial charge in [-0.1, -0.05) is 42.5 Å². The molecule has 2 heterocycles. The predicted molar refractivity (Wildman–Crippen MR) is 112 cm³/mol. The molecule has 5 aromatic rings. The first kappa shape index (κ1) is 16.2. The Balaban J connectivity index is 1.40. The first-order chi connectivity index (χ1) is 13.3. The Morgan fingerprint density at radius 2 is 1.63 bits per heavy atom. The number of rotatable bonds is 3. The summed E-state index contributed by atoms with van der Waals surface area (Å²) in [5, 5.41) is 3.08. The van der Waals surface area contributed by atoms with Gasteiger partial charge in [-0.25, -0.2) is 9.78 Å². The summed E-state index contributed by atoms with van der Waals surface area (Å²) in [5.41, 5.74) is 0.978. The molecule has 0 saturated carbocycles. The second kappa shape index (κ2) is 6.61. The molecule has 3 nitrogen and oxygen atoms in total. The predicted octanol–water partition coefficient (Wildman–Crippen LogP) is 6.40. The number of thiazole rings is 1. The fourth-order valence-electron chi connectivity index (χ4n) is 2.93. The molecule has 0 radical (unpaired) electrons. The lowest BCUT2D eigenvalue weighted by molar-refractivity contribution is 0.0740. The molecular weight excluding hydrogens is 374 g/mol. The lowest BCUT2D eigenvalue weighted by Crippen LogP contribution is -2.06. The molecule has 0 fully saturated rings. The minimum Gasteiger partial charge on any atom is -0.422 e. The average Bonchev–Trinajstić information content (AvgIpc) is 3.35. The van der Waals surface area contributed by atoms with Crippen molar-refractivity contribution in [3.63, 3.8) is 0 Å². The minimum atomic E-state index is -0.345. The molecule has 130 valence electrons. The summed E-state index contributed by atoms with van der Waals surface area (Å²) >= 11 is 3.03. The minimum absolute atomic E-state index is 0.345. The third-order valence-corrected chi connectivity index (χ3v) is 6.51. The van der Waals surface area contributed by atoms with Crippen LogP contribution in [0.5, 0.6) is 5.75 Å². The van der Waals surface area contributed by atoms with E-state index in [1.54, 1.807) is 17.4 Å². The van der Waals surface area contributed by atoms with Crippen LogP contribution in [0.4, 0.5) is 0 Å². The van der Waals surface area contributed by atoms with Crippen LogP contribution < -0.4 is 4.74 Å². The Kier molecular flexibility index (Phi) is 3.96. The lowest BCUT2D eigenvalue weighted by atomic mass is 10.1. The van der Waals surface area contributed by atoms with Crippen molar-refractivity contribution in [2.75, 3.05) is 0 Å². The second-order valence-electron chi connectivity index (χ2n) is 6.05. The Morgan fingerprint density at radius 3 is 2.52 bits per heavy atom. The van der Waals surface area contributed by atoms with E-state index in [0.717, 1.165) is 30.9 Å². The number of carbonyl (C=O) groups is 1. The van der Waals surface area contributed by atoms with E-state index in [1.807, 2.05) is 66.7 Å². The van der Waals surface area contributed by atoms with E-state index in [1.165, 1.54) is 11.3 Å². The fourth-order valence-corrected chi connectivity index (χ4v) is 4.83. The number of hydrogen-bond acceptors (Lipinski definition) is 5. The van der Waals surface area contributed by atoms with E-state index in [4.69, 9.17) is 4.74 Å². The molecule has 0 aliphatic rings. The SMILES string of the molecule is O=C(Oc1ccc2ccccc2c1)c1ccc(-c2nc3ccccc3s2)s1. The van der Waals surface area contributed by atoms with Crippen LogP contribution in [-0.4, -0.2) is 11.0 Å². The molecule has 0 saturated heterocycles. The van der Waals surface area contributed by atoms with Crippen molar-refractivity contribution in [3.8, 4) is 15.6 Å². The largest absolute Gasteiger partial charge is 0.422 e. The van der Waals surface area contributed by atoms with E-state index in [-0.39, 0.29) is 5.97 Å². The maximum atomic E-state index is 12.5. The first-order valence-electron chi connectivity index (χ1n) is 8.43. The highest BCUT2D eigenvalue weighted by molar-refractivity contribution is 7.26. The number of ether oxygens (including phenoxy) is 1. The van der Waals surface area contributed by atoms with Gasteiger partial charge in [0.1, 0.15) is 15.6 Å². The van der Waals surface area contributed by atoms with E-state index >= 15 is 0 Å². The maximum Gasteiger partial charge on any atom is 0.353 e. The number of esters is 1. The molecule has 0 spiro atoms. The number of fused-ring (bicyclic) bond motifs is 2. The van der Waals surface area contributed by atoms with Crippen LogP contribution in [-0.2, 0) is 0 Å². The van der Waals surface area contributed by atoms with Gasteiger partial charge in [0.05, 0.1) is 15.1 Å². The molecule has 2 aromatic heterocycles. The summed E-state index contributed by atoms with van der Waals surface area (Å²) in [6, 6.07) is 25.4. The highest BCUT2D eigenvalue weighted by Crippen LogP contribution is 2.34. The number of hydrogen-bond donors (Lipinski definition) is 0. The number of para-hydroxylation sites is 1. The van der Waals surface area contributed by atoms with Crippen LogP contribution in [0.3, 0.4) is 0 Å². The van der Waals surface area contributed by atoms with Crippen LogP contribution in [0.2, 0.25) is 0 Å². The molecule has 5 rings (SSSR count). The van der Waals surface area contributed by atoms with E-state index in [0.29, 0.717) is 10.6 Å². The summed E-state index contributed by atoms with van der Waals surface area (Å²) in [5.74, 6) is 0.205. The van der Waals surface area contributed by atoms with Crippen LogP contribution in [0.15, 0.2) is 78.9 Å². The van der Waals surface area contributed by atoms with Crippen molar-refractivity contribution in [1.29, 1.82) is 0 Å². The standard InChI is InChI=1S/C22H13NO2S2/c24-22(25-16-10-9-14-5-1-2-6-15(14)13-16)20-12-11-19(26-20)21-23-17-7-3-4-8-18(17)27-21/h1-13H. The summed E-state index contributed by atoms with van der Waals surface area (Å²) in [6.45, 7) is 0. The molecule has 0 amide bonds. The fraction of sp³-hybridized carbons (Fsp3) is 0. The molecule has 3 aromatic carbocycles. The highest BCUT2D eigenvalue weighted by atomic mass is 32.1. The van der Waals surface area contributed by atoms with Crippen LogP contribution >= 0.6 is 22.7 Å². The van der Waals surface area contributed by atoms with Crippen molar-refractivity contribution < 1.29 is 9.53 Å². The van der Waals surface area contributed by atoms with Crippen molar-refractivity contribution in [3.05, 3.63) is 83.7 Å². The van der Waals surface area contributed by atoms with Crippen molar-refractivity contribution in [1.82, 2.24) is 4.98 Å². The number of benzene rings is 3. The van der Waals surface area contributed by atoms with Gasteiger partial charge >= 0.3 is 5.97 Å². The molecule has 0 atom stereocenters. The van der Waals surface area contributed by atoms with Crippen molar-refractivity contribution in [2.45, 2.75) is 0 Å². The van der Waals surface area contributed by atoms with Gasteiger partial charge < -0.3 is 4.74 Å². The van der Waals surface area contributed by atoms with Gasteiger partial charge in [0.25, 0.3) is 0 Å². The Morgan fingerprint density at radius 1 is 0.815 bits per heavy atom. The van der Waals surface area contributed by atoms with Crippen LogP contribution in [0.25, 0.3) is 30.9 Å². The summed E-state index contributed by atoms with van der Waals surface area (Å²) in [4.78, 5) is 18.7. The number of thiophene rings is 1. The number of carbonyl (C=O) groups excluding carboxylic acids is 1. The van der Waals surface area contributed by atoms with Crippen molar-refractivity contribution >= 4 is 49.6 Å². The van der Waals surface area contributed by atoms with Gasteiger partial charge in [0.15, 0.2) is 0 Å². The van der Waals surface area contributed by atoms with Crippen molar-refractivity contribution in [2.24, 2.45) is 0 Å². The normalized spacial score (nSPS) is 11.1. The second-order valence-corrected chi connectivity index (χ2v) is 8.16. The van der Waals surface area contributed by atoms with E-state index in [9.17, 15) is 4.79 Å². The van der Waals surface area contributed by atoms with E-state index in [2.05, 4.69) is 11.1 Å². The van der Waals surface area contributed by atoms with Gasteiger partial charge in [0, 0.05) is 0 Å². The Labute approximate surface area is 163 Å². The Hall–Kier alpha value is -3.02. The molecule has 0 bridgehead atoms. The molecule has 27 heavy (non-hydrogen) atoms. The van der Waals surface area contributed by atoms with Gasteiger partial charge in [-0.3, -0.25) is 0 Å². The zero-order chi connectivity index (χ0) is 18.2. The quantitative estimate of drug-likeness (QED) is 0.266. The zero-order valence-corrected chi connectivity index (χ0v) is 15.7. The molecule has 0 unspecified atom stereocenters. The third kappa shape index (κ3) is 3.12. The van der Waals surface area contributed by atoms with Gasteiger partial charge in [-0.05, 0) is 47.2 Å². The summed E-state index contributed by atoms with van der Waals surface area (Å²) in [7, 11) is 0. The lowest BCUT2D eigenvalue weighted by Gasteiger charge is -2.04. The molecule has 0 N–H and O–H groups in total. The van der Waals surface area contributed by atoms with Gasteiger partial charge in [-0.2, -0.15) is 0 Å². The number of aromatic nitrogens is 1. The molecular formula is C22H13NO2S2. The smallest absolute Gasteiger partial charge is 0.353 e. The first-order valence-corrected chi connectivity index (χ1v) is 10.1. The topological polar surface area (TPSA) is 39.2 Å². The summed E-state index contributed by atoms with van der Waals surface area (Å²) < 4.78 is 6.71. The average molecular weight is 387 g/mol. The molecule has 0 aliphatic heterocycles. The van der Waals surface area contributed by atoms with Gasteiger partial charge in [-0.15, -0.1) is 22.7 Å². The summed E-state index contributed by atoms with van der Waals surface area (Å²) in [6.07, 6.45) is 0. The molecule has 5 heteroatoms. The van der Waals surface area contributed by atoms with E-state index < -0.39 is 0 Å². The Bertz CT molecular complexity index is 1250. The van der Waals surface area contributed by atoms with Gasteiger partial charge in [0.2, 0.25) is 0 Å².